The van der Waals surface area contributed by atoms with Crippen molar-refractivity contribution >= 4 is 28.3 Å². The lowest BCUT2D eigenvalue weighted by molar-refractivity contribution is 0.0790. The number of amides is 1. The maximum Gasteiger partial charge on any atom is 0.253 e. The van der Waals surface area contributed by atoms with Gasteiger partial charge in [0, 0.05) is 37.8 Å². The van der Waals surface area contributed by atoms with Crippen LogP contribution in [0.2, 0.25) is 0 Å². The van der Waals surface area contributed by atoms with Crippen molar-refractivity contribution in [3.63, 3.8) is 0 Å². The van der Waals surface area contributed by atoms with Gasteiger partial charge in [-0.1, -0.05) is 13.8 Å². The fourth-order valence-electron chi connectivity index (χ4n) is 4.11. The smallest absolute Gasteiger partial charge is 0.253 e. The molecule has 0 bridgehead atoms. The summed E-state index contributed by atoms with van der Waals surface area (Å²) in [6.45, 7) is 6.17. The zero-order valence-electron chi connectivity index (χ0n) is 16.6. The fourth-order valence-corrected chi connectivity index (χ4v) is 5.97. The van der Waals surface area contributed by atoms with Crippen molar-refractivity contribution in [2.45, 2.75) is 37.6 Å². The second-order valence-corrected chi connectivity index (χ2v) is 9.84. The van der Waals surface area contributed by atoms with Gasteiger partial charge < -0.3 is 15.4 Å². The molecule has 1 aromatic rings. The van der Waals surface area contributed by atoms with E-state index in [-0.39, 0.29) is 35.0 Å². The predicted molar refractivity (Wildman–Crippen MR) is 110 cm³/mol. The SMILES string of the molecule is COc1ccc(C(=O)N2CC[C@@H](N)C2)cc1S(=O)(=O)N1CC(C)CC(C)C1.Cl. The molecule has 2 unspecified atom stereocenters. The van der Waals surface area contributed by atoms with Crippen LogP contribution in [-0.4, -0.2) is 62.9 Å². The standard InChI is InChI=1S/C19H29N3O4S.ClH/c1-13-8-14(2)11-22(10-13)27(24,25)18-9-15(4-5-17(18)26-3)19(23)21-7-6-16(20)12-21;/h4-5,9,13-14,16H,6-8,10-12,20H2,1-3H3;1H/t13?,14?,16-;/m1./s1. The number of piperidine rings is 1. The molecule has 2 aliphatic rings. The second kappa shape index (κ2) is 8.98. The highest BCUT2D eigenvalue weighted by atomic mass is 35.5. The molecule has 1 aromatic carbocycles. The summed E-state index contributed by atoms with van der Waals surface area (Å²) in [7, 11) is -2.31. The molecule has 3 atom stereocenters. The van der Waals surface area contributed by atoms with Crippen molar-refractivity contribution in [3.05, 3.63) is 23.8 Å². The van der Waals surface area contributed by atoms with E-state index in [1.807, 2.05) is 0 Å². The van der Waals surface area contributed by atoms with Crippen molar-refractivity contribution in [2.24, 2.45) is 17.6 Å². The third kappa shape index (κ3) is 4.62. The van der Waals surface area contributed by atoms with Gasteiger partial charge in [0.25, 0.3) is 5.91 Å². The van der Waals surface area contributed by atoms with Crippen LogP contribution in [0.4, 0.5) is 0 Å². The maximum atomic E-state index is 13.3. The molecule has 0 saturated carbocycles. The van der Waals surface area contributed by atoms with Crippen molar-refractivity contribution in [2.75, 3.05) is 33.3 Å². The number of carbonyl (C=O) groups is 1. The molecule has 2 aliphatic heterocycles. The lowest BCUT2D eigenvalue weighted by Gasteiger charge is -2.34. The number of hydrogen-bond donors (Lipinski definition) is 1. The number of likely N-dealkylation sites (tertiary alicyclic amines) is 1. The predicted octanol–water partition coefficient (Wildman–Crippen LogP) is 1.96. The highest BCUT2D eigenvalue weighted by Gasteiger charge is 2.34. The van der Waals surface area contributed by atoms with E-state index in [2.05, 4.69) is 13.8 Å². The van der Waals surface area contributed by atoms with Crippen molar-refractivity contribution in [1.29, 1.82) is 0 Å². The first-order valence-corrected chi connectivity index (χ1v) is 10.9. The summed E-state index contributed by atoms with van der Waals surface area (Å²) in [5, 5.41) is 0. The molecule has 2 fully saturated rings. The van der Waals surface area contributed by atoms with Crippen LogP contribution in [0.1, 0.15) is 37.0 Å². The minimum atomic E-state index is -3.75. The summed E-state index contributed by atoms with van der Waals surface area (Å²) in [4.78, 5) is 14.5. The van der Waals surface area contributed by atoms with E-state index in [1.54, 1.807) is 17.0 Å². The first-order valence-electron chi connectivity index (χ1n) is 9.45. The monoisotopic (exact) mass is 431 g/mol. The molecule has 2 heterocycles. The number of nitrogens with zero attached hydrogens (tertiary/aromatic N) is 2. The minimum absolute atomic E-state index is 0. The Hall–Kier alpha value is -1.35. The van der Waals surface area contributed by atoms with E-state index in [9.17, 15) is 13.2 Å². The number of rotatable bonds is 4. The van der Waals surface area contributed by atoms with Gasteiger partial charge in [0.1, 0.15) is 10.6 Å². The Balaban J connectivity index is 0.00000280. The van der Waals surface area contributed by atoms with E-state index in [0.29, 0.717) is 43.6 Å². The molecule has 28 heavy (non-hydrogen) atoms. The fraction of sp³-hybridized carbons (Fsp3) is 0.632. The van der Waals surface area contributed by atoms with E-state index in [0.717, 1.165) is 12.8 Å². The average molecular weight is 432 g/mol. The van der Waals surface area contributed by atoms with Gasteiger partial charge in [0.15, 0.2) is 0 Å². The number of methoxy groups -OCH3 is 1. The Kier molecular flexibility index (Phi) is 7.36. The van der Waals surface area contributed by atoms with E-state index < -0.39 is 10.0 Å². The summed E-state index contributed by atoms with van der Waals surface area (Å²) >= 11 is 0. The molecule has 2 saturated heterocycles. The van der Waals surface area contributed by atoms with Gasteiger partial charge in [-0.3, -0.25) is 4.79 Å². The van der Waals surface area contributed by atoms with Crippen LogP contribution in [-0.2, 0) is 10.0 Å². The van der Waals surface area contributed by atoms with Gasteiger partial charge in [0.2, 0.25) is 10.0 Å². The number of ether oxygens (including phenoxy) is 1. The van der Waals surface area contributed by atoms with Gasteiger partial charge in [-0.25, -0.2) is 8.42 Å². The largest absolute Gasteiger partial charge is 0.495 e. The number of carbonyl (C=O) groups excluding carboxylic acids is 1. The summed E-state index contributed by atoms with van der Waals surface area (Å²) in [5.74, 6) is 0.661. The summed E-state index contributed by atoms with van der Waals surface area (Å²) in [6, 6.07) is 4.61. The Morgan fingerprint density at radius 3 is 2.36 bits per heavy atom. The lowest BCUT2D eigenvalue weighted by atomic mass is 9.94. The third-order valence-corrected chi connectivity index (χ3v) is 7.23. The van der Waals surface area contributed by atoms with Crippen LogP contribution < -0.4 is 10.5 Å². The normalized spacial score (nSPS) is 26.0. The zero-order valence-corrected chi connectivity index (χ0v) is 18.3. The number of benzene rings is 1. The van der Waals surface area contributed by atoms with Crippen LogP contribution in [0.3, 0.4) is 0 Å². The van der Waals surface area contributed by atoms with Gasteiger partial charge >= 0.3 is 0 Å². The van der Waals surface area contributed by atoms with E-state index >= 15 is 0 Å². The molecule has 9 heteroatoms. The Morgan fingerprint density at radius 2 is 1.82 bits per heavy atom. The van der Waals surface area contributed by atoms with Gasteiger partial charge in [-0.15, -0.1) is 12.4 Å². The Bertz CT molecular complexity index is 807. The van der Waals surface area contributed by atoms with Crippen molar-refractivity contribution < 1.29 is 17.9 Å². The van der Waals surface area contributed by atoms with Crippen LogP contribution in [0.5, 0.6) is 5.75 Å². The summed E-state index contributed by atoms with van der Waals surface area (Å²) < 4.78 is 33.4. The molecular formula is C19H30ClN3O4S. The average Bonchev–Trinajstić information content (AvgIpc) is 3.06. The second-order valence-electron chi connectivity index (χ2n) is 7.93. The molecule has 7 nitrogen and oxygen atoms in total. The summed E-state index contributed by atoms with van der Waals surface area (Å²) in [6.07, 6.45) is 1.77. The van der Waals surface area contributed by atoms with Gasteiger partial charge in [-0.2, -0.15) is 4.31 Å². The topological polar surface area (TPSA) is 92.9 Å². The molecule has 3 rings (SSSR count). The highest BCUT2D eigenvalue weighted by Crippen LogP contribution is 2.32. The molecule has 158 valence electrons. The molecule has 0 radical (unpaired) electrons. The molecule has 0 aromatic heterocycles. The number of sulfonamides is 1. The maximum absolute atomic E-state index is 13.3. The molecular weight excluding hydrogens is 402 g/mol. The van der Waals surface area contributed by atoms with Crippen LogP contribution in [0.15, 0.2) is 23.1 Å². The van der Waals surface area contributed by atoms with Crippen molar-refractivity contribution in [3.8, 4) is 5.75 Å². The quantitative estimate of drug-likeness (QED) is 0.786. The molecule has 1 amide bonds. The zero-order chi connectivity index (χ0) is 19.8. The third-order valence-electron chi connectivity index (χ3n) is 5.38. The number of halogens is 1. The van der Waals surface area contributed by atoms with Gasteiger partial charge in [-0.05, 0) is 42.9 Å². The van der Waals surface area contributed by atoms with Crippen molar-refractivity contribution in [1.82, 2.24) is 9.21 Å². The first-order chi connectivity index (χ1) is 12.7. The number of hydrogen-bond acceptors (Lipinski definition) is 5. The van der Waals surface area contributed by atoms with Gasteiger partial charge in [0.05, 0.1) is 7.11 Å². The van der Waals surface area contributed by atoms with E-state index in [4.69, 9.17) is 10.5 Å². The van der Waals surface area contributed by atoms with Crippen LogP contribution in [0.25, 0.3) is 0 Å². The first kappa shape index (κ1) is 22.9. The molecule has 0 aliphatic carbocycles. The highest BCUT2D eigenvalue weighted by molar-refractivity contribution is 7.89. The molecule has 2 N–H and O–H groups in total. The Morgan fingerprint density at radius 1 is 1.18 bits per heavy atom. The summed E-state index contributed by atoms with van der Waals surface area (Å²) in [5.41, 5.74) is 6.24. The lowest BCUT2D eigenvalue weighted by Crippen LogP contribution is -2.42. The Labute approximate surface area is 173 Å². The van der Waals surface area contributed by atoms with Crippen LogP contribution in [0, 0.1) is 11.8 Å². The minimum Gasteiger partial charge on any atom is -0.495 e. The number of nitrogens with two attached hydrogens (primary N) is 1. The molecule has 0 spiro atoms. The van der Waals surface area contributed by atoms with E-state index in [1.165, 1.54) is 17.5 Å². The van der Waals surface area contributed by atoms with Crippen LogP contribution >= 0.6 is 12.4 Å².